The predicted octanol–water partition coefficient (Wildman–Crippen LogP) is -0.574. The van der Waals surface area contributed by atoms with Crippen LogP contribution < -0.4 is 5.43 Å². The number of aromatic amines is 1. The van der Waals surface area contributed by atoms with Crippen LogP contribution in [0.25, 0.3) is 10.9 Å². The van der Waals surface area contributed by atoms with Crippen LogP contribution in [-0.2, 0) is 6.54 Å². The second-order valence-electron chi connectivity index (χ2n) is 5.42. The lowest BCUT2D eigenvalue weighted by atomic mass is 10.1. The minimum Gasteiger partial charge on any atom is -0.395 e. The molecule has 0 unspecified atom stereocenters. The molecule has 0 saturated carbocycles. The molecule has 3 atom stereocenters. The number of para-hydroxylation sites is 1. The number of nitrogens with one attached hydrogen (secondary N) is 1. The lowest BCUT2D eigenvalue weighted by molar-refractivity contribution is 0.0210. The van der Waals surface area contributed by atoms with Crippen molar-refractivity contribution in [2.45, 2.75) is 24.8 Å². The fourth-order valence-corrected chi connectivity index (χ4v) is 2.98. The minimum atomic E-state index is -0.955. The van der Waals surface area contributed by atoms with Gasteiger partial charge in [0.25, 0.3) is 0 Å². The van der Waals surface area contributed by atoms with Crippen LogP contribution in [0.2, 0.25) is 0 Å². The molecule has 1 saturated heterocycles. The van der Waals surface area contributed by atoms with Gasteiger partial charge in [0, 0.05) is 30.7 Å². The number of pyridine rings is 1. The van der Waals surface area contributed by atoms with Crippen molar-refractivity contribution < 1.29 is 15.3 Å². The Kier molecular flexibility index (Phi) is 3.77. The molecule has 2 heterocycles. The van der Waals surface area contributed by atoms with Gasteiger partial charge in [0.15, 0.2) is 5.43 Å². The summed E-state index contributed by atoms with van der Waals surface area (Å²) in [6.45, 7) is 0.510. The zero-order valence-electron chi connectivity index (χ0n) is 11.4. The van der Waals surface area contributed by atoms with Gasteiger partial charge in [-0.05, 0) is 11.6 Å². The van der Waals surface area contributed by atoms with E-state index in [1.165, 1.54) is 6.07 Å². The second kappa shape index (κ2) is 5.57. The van der Waals surface area contributed by atoms with Crippen LogP contribution in [0.4, 0.5) is 0 Å². The van der Waals surface area contributed by atoms with Crippen molar-refractivity contribution in [3.05, 3.63) is 46.2 Å². The maximum atomic E-state index is 11.8. The summed E-state index contributed by atoms with van der Waals surface area (Å²) in [7, 11) is 0. The maximum absolute atomic E-state index is 11.8. The molecule has 1 aromatic heterocycles. The molecule has 1 aromatic carbocycles. The van der Waals surface area contributed by atoms with Gasteiger partial charge in [-0.15, -0.1) is 0 Å². The van der Waals surface area contributed by atoms with E-state index in [-0.39, 0.29) is 12.0 Å². The van der Waals surface area contributed by atoms with Crippen molar-refractivity contribution in [3.63, 3.8) is 0 Å². The first-order valence-electron chi connectivity index (χ1n) is 6.92. The van der Waals surface area contributed by atoms with Gasteiger partial charge in [-0.3, -0.25) is 9.69 Å². The number of rotatable bonds is 3. The number of β-amino-alcohol motifs (C(OH)–C–C–N with tert-alkyl or cyclic N) is 1. The molecular weight excluding hydrogens is 272 g/mol. The van der Waals surface area contributed by atoms with Crippen molar-refractivity contribution in [1.29, 1.82) is 0 Å². The summed E-state index contributed by atoms with van der Waals surface area (Å²) in [5, 5.41) is 29.6. The first-order valence-corrected chi connectivity index (χ1v) is 6.92. The van der Waals surface area contributed by atoms with Gasteiger partial charge >= 0.3 is 0 Å². The molecule has 0 aliphatic carbocycles. The van der Waals surface area contributed by atoms with E-state index in [1.807, 2.05) is 17.0 Å². The lowest BCUT2D eigenvalue weighted by Crippen LogP contribution is -2.38. The van der Waals surface area contributed by atoms with Gasteiger partial charge in [-0.1, -0.05) is 12.1 Å². The van der Waals surface area contributed by atoms with E-state index in [1.54, 1.807) is 12.3 Å². The van der Waals surface area contributed by atoms with E-state index in [0.717, 1.165) is 11.1 Å². The first kappa shape index (κ1) is 14.2. The molecule has 1 fully saturated rings. The number of aromatic nitrogens is 1. The monoisotopic (exact) mass is 290 g/mol. The summed E-state index contributed by atoms with van der Waals surface area (Å²) in [5.74, 6) is 0. The Balaban J connectivity index is 1.95. The average molecular weight is 290 g/mol. The average Bonchev–Trinajstić information content (AvgIpc) is 2.74. The smallest absolute Gasteiger partial charge is 0.189 e. The highest BCUT2D eigenvalue weighted by Gasteiger charge is 2.39. The lowest BCUT2D eigenvalue weighted by Gasteiger charge is -2.24. The summed E-state index contributed by atoms with van der Waals surface area (Å²) in [5.41, 5.74) is 1.59. The zero-order valence-corrected chi connectivity index (χ0v) is 11.4. The fraction of sp³-hybridized carbons (Fsp3) is 0.400. The number of aliphatic hydroxyl groups is 3. The van der Waals surface area contributed by atoms with E-state index < -0.39 is 18.2 Å². The number of H-pyrrole nitrogens is 1. The standard InChI is InChI=1S/C15H18N2O4/c18-8-11-15(21)13(20)7-17(11)6-9-2-1-3-10-12(19)4-5-16-14(9)10/h1-5,11,13,15,18,20-21H,6-8H2,(H,16,19)/t11-,13+,15-/m1/s1. The van der Waals surface area contributed by atoms with Gasteiger partial charge in [0.1, 0.15) is 0 Å². The van der Waals surface area contributed by atoms with Crippen LogP contribution in [-0.4, -0.2) is 56.6 Å². The van der Waals surface area contributed by atoms with Gasteiger partial charge in [-0.2, -0.15) is 0 Å². The SMILES string of the molecule is O=c1cc[nH]c2c(CN3C[C@H](O)[C@H](O)[C@H]3CO)cccc12. The van der Waals surface area contributed by atoms with Crippen molar-refractivity contribution in [2.24, 2.45) is 0 Å². The maximum Gasteiger partial charge on any atom is 0.189 e. The van der Waals surface area contributed by atoms with Crippen molar-refractivity contribution in [3.8, 4) is 0 Å². The third-order valence-electron chi connectivity index (χ3n) is 4.12. The number of hydrogen-bond acceptors (Lipinski definition) is 5. The Morgan fingerprint density at radius 1 is 1.29 bits per heavy atom. The van der Waals surface area contributed by atoms with Gasteiger partial charge in [0.05, 0.1) is 30.4 Å². The predicted molar refractivity (Wildman–Crippen MR) is 77.9 cm³/mol. The largest absolute Gasteiger partial charge is 0.395 e. The number of nitrogens with zero attached hydrogens (tertiary/aromatic N) is 1. The van der Waals surface area contributed by atoms with Crippen LogP contribution in [0, 0.1) is 0 Å². The van der Waals surface area contributed by atoms with E-state index in [0.29, 0.717) is 18.5 Å². The number of hydrogen-bond donors (Lipinski definition) is 4. The molecule has 1 aliphatic heterocycles. The molecule has 0 bridgehead atoms. The Labute approximate surface area is 121 Å². The molecule has 21 heavy (non-hydrogen) atoms. The minimum absolute atomic E-state index is 0.0502. The Morgan fingerprint density at radius 3 is 2.86 bits per heavy atom. The van der Waals surface area contributed by atoms with E-state index in [9.17, 15) is 20.1 Å². The van der Waals surface area contributed by atoms with Crippen molar-refractivity contribution in [2.75, 3.05) is 13.2 Å². The fourth-order valence-electron chi connectivity index (χ4n) is 2.98. The van der Waals surface area contributed by atoms with E-state index in [4.69, 9.17) is 0 Å². The molecule has 0 spiro atoms. The summed E-state index contributed by atoms with van der Waals surface area (Å²) in [4.78, 5) is 16.7. The van der Waals surface area contributed by atoms with Crippen LogP contribution in [0.3, 0.4) is 0 Å². The van der Waals surface area contributed by atoms with Gasteiger partial charge < -0.3 is 20.3 Å². The third kappa shape index (κ3) is 2.47. The summed E-state index contributed by atoms with van der Waals surface area (Å²) in [6.07, 6.45) is -0.217. The summed E-state index contributed by atoms with van der Waals surface area (Å²) in [6, 6.07) is 6.44. The van der Waals surface area contributed by atoms with E-state index in [2.05, 4.69) is 4.98 Å². The second-order valence-corrected chi connectivity index (χ2v) is 5.42. The number of fused-ring (bicyclic) bond motifs is 1. The molecule has 0 amide bonds. The molecule has 0 radical (unpaired) electrons. The molecule has 6 nitrogen and oxygen atoms in total. The number of likely N-dealkylation sites (tertiary alicyclic amines) is 1. The van der Waals surface area contributed by atoms with Crippen LogP contribution in [0.1, 0.15) is 5.56 Å². The molecule has 6 heteroatoms. The molecular formula is C15H18N2O4. The normalized spacial score (nSPS) is 26.5. The Bertz CT molecular complexity index is 699. The number of aliphatic hydroxyl groups excluding tert-OH is 3. The quantitative estimate of drug-likeness (QED) is 0.607. The van der Waals surface area contributed by atoms with Gasteiger partial charge in [-0.25, -0.2) is 0 Å². The van der Waals surface area contributed by atoms with Crippen LogP contribution in [0.15, 0.2) is 35.3 Å². The summed E-state index contributed by atoms with van der Waals surface area (Å²) < 4.78 is 0. The topological polar surface area (TPSA) is 96.8 Å². The Hall–Kier alpha value is -1.73. The summed E-state index contributed by atoms with van der Waals surface area (Å²) >= 11 is 0. The van der Waals surface area contributed by atoms with E-state index >= 15 is 0 Å². The van der Waals surface area contributed by atoms with Crippen molar-refractivity contribution >= 4 is 10.9 Å². The van der Waals surface area contributed by atoms with Gasteiger partial charge in [0.2, 0.25) is 0 Å². The highest BCUT2D eigenvalue weighted by Crippen LogP contribution is 2.23. The molecule has 1 aliphatic rings. The first-order chi connectivity index (χ1) is 10.1. The van der Waals surface area contributed by atoms with Crippen LogP contribution >= 0.6 is 0 Å². The third-order valence-corrected chi connectivity index (χ3v) is 4.12. The molecule has 3 rings (SSSR count). The van der Waals surface area contributed by atoms with Crippen molar-refractivity contribution in [1.82, 2.24) is 9.88 Å². The Morgan fingerprint density at radius 2 is 2.10 bits per heavy atom. The van der Waals surface area contributed by atoms with Crippen LogP contribution in [0.5, 0.6) is 0 Å². The molecule has 112 valence electrons. The molecule has 4 N–H and O–H groups in total. The number of benzene rings is 1. The zero-order chi connectivity index (χ0) is 15.0. The molecule has 2 aromatic rings. The highest BCUT2D eigenvalue weighted by molar-refractivity contribution is 5.81. The highest BCUT2D eigenvalue weighted by atomic mass is 16.3.